The largest absolute Gasteiger partial charge is 0.367 e. The second-order valence-corrected chi connectivity index (χ2v) is 6.43. The molecular weight excluding hydrogens is 315 g/mol. The highest BCUT2D eigenvalue weighted by Crippen LogP contribution is 2.39. The van der Waals surface area contributed by atoms with Crippen molar-refractivity contribution in [2.24, 2.45) is 0 Å². The maximum absolute atomic E-state index is 13.0. The molecule has 3 rings (SSSR count). The van der Waals surface area contributed by atoms with Crippen molar-refractivity contribution in [1.82, 2.24) is 0 Å². The molecule has 1 unspecified atom stereocenters. The number of aryl methyl sites for hydroxylation is 1. The Morgan fingerprint density at radius 2 is 2.13 bits per heavy atom. The molecule has 1 aromatic carbocycles. The van der Waals surface area contributed by atoms with Crippen LogP contribution in [0.1, 0.15) is 34.1 Å². The summed E-state index contributed by atoms with van der Waals surface area (Å²) in [5.74, 6) is -0.735. The van der Waals surface area contributed by atoms with Gasteiger partial charge in [0.2, 0.25) is 0 Å². The van der Waals surface area contributed by atoms with Gasteiger partial charge in [0.15, 0.2) is 6.10 Å². The minimum atomic E-state index is -0.848. The Labute approximate surface area is 137 Å². The fourth-order valence-electron chi connectivity index (χ4n) is 2.82. The average Bonchev–Trinajstić information content (AvgIpc) is 3.10. The van der Waals surface area contributed by atoms with Crippen molar-refractivity contribution in [3.8, 4) is 6.07 Å². The first-order chi connectivity index (χ1) is 11.1. The van der Waals surface area contributed by atoms with Crippen LogP contribution in [0.4, 0.5) is 9.39 Å². The van der Waals surface area contributed by atoms with Gasteiger partial charge in [-0.05, 0) is 42.5 Å². The van der Waals surface area contributed by atoms with Gasteiger partial charge in [-0.3, -0.25) is 4.79 Å². The number of benzene rings is 1. The summed E-state index contributed by atoms with van der Waals surface area (Å²) >= 11 is 1.46. The first-order valence-corrected chi connectivity index (χ1v) is 8.09. The number of hydrogen-bond acceptors (Lipinski definition) is 4. The Kier molecular flexibility index (Phi) is 4.42. The molecule has 0 bridgehead atoms. The molecule has 1 aliphatic rings. The second-order valence-electron chi connectivity index (χ2n) is 5.33. The molecule has 1 aliphatic carbocycles. The Hall–Kier alpha value is -2.23. The number of nitriles is 1. The van der Waals surface area contributed by atoms with Crippen LogP contribution in [0.2, 0.25) is 0 Å². The van der Waals surface area contributed by atoms with E-state index in [1.54, 1.807) is 0 Å². The molecule has 1 heterocycles. The molecule has 0 saturated heterocycles. The van der Waals surface area contributed by atoms with Gasteiger partial charge in [0.1, 0.15) is 16.9 Å². The van der Waals surface area contributed by atoms with Gasteiger partial charge in [0, 0.05) is 12.0 Å². The SMILES string of the molecule is COC(C(=O)Nc1sc2c(c1C#N)CCC2)c1ccc(F)cc1. The number of thiophene rings is 1. The van der Waals surface area contributed by atoms with Gasteiger partial charge in [0.05, 0.1) is 5.56 Å². The van der Waals surface area contributed by atoms with Crippen LogP contribution in [0, 0.1) is 17.1 Å². The van der Waals surface area contributed by atoms with Crippen LogP contribution in [0.25, 0.3) is 0 Å². The molecule has 118 valence electrons. The molecule has 6 heteroatoms. The lowest BCUT2D eigenvalue weighted by atomic mass is 10.1. The standard InChI is InChI=1S/C17H15FN2O2S/c1-22-15(10-5-7-11(18)8-6-10)16(21)20-17-13(9-19)12-3-2-4-14(12)23-17/h5-8,15H,2-4H2,1H3,(H,20,21). The van der Waals surface area contributed by atoms with Gasteiger partial charge >= 0.3 is 0 Å². The fraction of sp³-hybridized carbons (Fsp3) is 0.294. The number of amides is 1. The Morgan fingerprint density at radius 1 is 1.39 bits per heavy atom. The Bertz CT molecular complexity index is 777. The predicted octanol–water partition coefficient (Wildman–Crippen LogP) is 3.57. The number of nitrogens with one attached hydrogen (secondary N) is 1. The number of carbonyl (C=O) groups is 1. The van der Waals surface area contributed by atoms with Crippen LogP contribution in [0.3, 0.4) is 0 Å². The highest BCUT2D eigenvalue weighted by atomic mass is 32.1. The number of fused-ring (bicyclic) bond motifs is 1. The summed E-state index contributed by atoms with van der Waals surface area (Å²) in [6.07, 6.45) is 2.05. The third-order valence-electron chi connectivity index (χ3n) is 3.92. The first-order valence-electron chi connectivity index (χ1n) is 7.27. The maximum atomic E-state index is 13.0. The monoisotopic (exact) mass is 330 g/mol. The molecule has 2 aromatic rings. The zero-order valence-electron chi connectivity index (χ0n) is 12.6. The Balaban J connectivity index is 1.83. The Morgan fingerprint density at radius 3 is 2.78 bits per heavy atom. The van der Waals surface area contributed by atoms with Crippen LogP contribution in [-0.4, -0.2) is 13.0 Å². The summed E-state index contributed by atoms with van der Waals surface area (Å²) in [7, 11) is 1.42. The zero-order chi connectivity index (χ0) is 16.4. The normalized spacial score (nSPS) is 14.1. The second kappa shape index (κ2) is 6.49. The number of methoxy groups -OCH3 is 1. The molecule has 0 aliphatic heterocycles. The molecule has 0 spiro atoms. The average molecular weight is 330 g/mol. The van der Waals surface area contributed by atoms with Crippen LogP contribution >= 0.6 is 11.3 Å². The fourth-order valence-corrected chi connectivity index (χ4v) is 4.06. The number of hydrogen-bond donors (Lipinski definition) is 1. The molecule has 4 nitrogen and oxygen atoms in total. The van der Waals surface area contributed by atoms with Crippen LogP contribution in [0.5, 0.6) is 0 Å². The summed E-state index contributed by atoms with van der Waals surface area (Å²) in [5, 5.41) is 12.7. The highest BCUT2D eigenvalue weighted by Gasteiger charge is 2.26. The third-order valence-corrected chi connectivity index (χ3v) is 5.12. The van der Waals surface area contributed by atoms with E-state index in [1.807, 2.05) is 0 Å². The lowest BCUT2D eigenvalue weighted by molar-refractivity contribution is -0.126. The summed E-state index contributed by atoms with van der Waals surface area (Å²) in [6.45, 7) is 0. The summed E-state index contributed by atoms with van der Waals surface area (Å²) in [6, 6.07) is 7.80. The number of ether oxygens (including phenoxy) is 1. The third kappa shape index (κ3) is 2.98. The van der Waals surface area contributed by atoms with Gasteiger partial charge in [0.25, 0.3) is 5.91 Å². The van der Waals surface area contributed by atoms with Crippen LogP contribution < -0.4 is 5.32 Å². The maximum Gasteiger partial charge on any atom is 0.258 e. The van der Waals surface area contributed by atoms with Crippen molar-refractivity contribution in [3.05, 3.63) is 51.7 Å². The van der Waals surface area contributed by atoms with E-state index >= 15 is 0 Å². The van der Waals surface area contributed by atoms with E-state index in [0.717, 1.165) is 24.8 Å². The van der Waals surface area contributed by atoms with E-state index in [4.69, 9.17) is 4.74 Å². The molecule has 1 amide bonds. The number of anilines is 1. The smallest absolute Gasteiger partial charge is 0.258 e. The van der Waals surface area contributed by atoms with E-state index in [0.29, 0.717) is 16.1 Å². The van der Waals surface area contributed by atoms with Crippen molar-refractivity contribution in [2.45, 2.75) is 25.4 Å². The van der Waals surface area contributed by atoms with Crippen LogP contribution in [0.15, 0.2) is 24.3 Å². The number of halogens is 1. The summed E-state index contributed by atoms with van der Waals surface area (Å²) in [5.41, 5.74) is 2.18. The van der Waals surface area contributed by atoms with Gasteiger partial charge in [-0.15, -0.1) is 11.3 Å². The summed E-state index contributed by atoms with van der Waals surface area (Å²) < 4.78 is 18.3. The van der Waals surface area contributed by atoms with E-state index in [-0.39, 0.29) is 11.7 Å². The van der Waals surface area contributed by atoms with Crippen molar-refractivity contribution < 1.29 is 13.9 Å². The lowest BCUT2D eigenvalue weighted by Gasteiger charge is -2.15. The summed E-state index contributed by atoms with van der Waals surface area (Å²) in [4.78, 5) is 13.7. The molecular formula is C17H15FN2O2S. The molecule has 23 heavy (non-hydrogen) atoms. The highest BCUT2D eigenvalue weighted by molar-refractivity contribution is 7.16. The predicted molar refractivity (Wildman–Crippen MR) is 85.8 cm³/mol. The number of rotatable bonds is 4. The van der Waals surface area contributed by atoms with Crippen LogP contribution in [-0.2, 0) is 22.4 Å². The van der Waals surface area contributed by atoms with Crippen molar-refractivity contribution >= 4 is 22.2 Å². The van der Waals surface area contributed by atoms with E-state index in [9.17, 15) is 14.4 Å². The molecule has 0 fully saturated rings. The molecule has 1 aromatic heterocycles. The zero-order valence-corrected chi connectivity index (χ0v) is 13.4. The quantitative estimate of drug-likeness (QED) is 0.932. The van der Waals surface area contributed by atoms with Crippen molar-refractivity contribution in [2.75, 3.05) is 12.4 Å². The minimum Gasteiger partial charge on any atom is -0.367 e. The van der Waals surface area contributed by atoms with E-state index in [2.05, 4.69) is 11.4 Å². The van der Waals surface area contributed by atoms with Crippen molar-refractivity contribution in [3.63, 3.8) is 0 Å². The van der Waals surface area contributed by atoms with Crippen molar-refractivity contribution in [1.29, 1.82) is 5.26 Å². The van der Waals surface area contributed by atoms with E-state index in [1.165, 1.54) is 47.6 Å². The van der Waals surface area contributed by atoms with Gasteiger partial charge in [-0.25, -0.2) is 4.39 Å². The van der Waals surface area contributed by atoms with Gasteiger partial charge in [-0.1, -0.05) is 12.1 Å². The lowest BCUT2D eigenvalue weighted by Crippen LogP contribution is -2.22. The molecule has 1 N–H and O–H groups in total. The number of carbonyl (C=O) groups excluding carboxylic acids is 1. The molecule has 0 saturated carbocycles. The number of nitrogens with zero attached hydrogens (tertiary/aromatic N) is 1. The van der Waals surface area contributed by atoms with E-state index < -0.39 is 6.10 Å². The topological polar surface area (TPSA) is 62.1 Å². The van der Waals surface area contributed by atoms with Gasteiger partial charge < -0.3 is 10.1 Å². The molecule has 1 atom stereocenters. The first kappa shape index (κ1) is 15.7. The van der Waals surface area contributed by atoms with Gasteiger partial charge in [-0.2, -0.15) is 5.26 Å². The minimum absolute atomic E-state index is 0.365. The molecule has 0 radical (unpaired) electrons.